The van der Waals surface area contributed by atoms with Gasteiger partial charge in [0.15, 0.2) is 11.0 Å². The van der Waals surface area contributed by atoms with Crippen LogP contribution in [0.25, 0.3) is 11.4 Å². The maximum Gasteiger partial charge on any atom is 0.191 e. The second kappa shape index (κ2) is 10.5. The molecule has 0 unspecified atom stereocenters. The van der Waals surface area contributed by atoms with Gasteiger partial charge in [0.05, 0.1) is 6.54 Å². The second-order valence-corrected chi connectivity index (χ2v) is 8.68. The van der Waals surface area contributed by atoms with Crippen LogP contribution in [-0.2, 0) is 13.0 Å². The zero-order valence-corrected chi connectivity index (χ0v) is 18.3. The number of unbranched alkanes of at least 4 members (excludes halogenated alkanes) is 1. The molecule has 5 heteroatoms. The number of nitrogens with zero attached hydrogens (tertiary/aromatic N) is 3. The van der Waals surface area contributed by atoms with Crippen LogP contribution < -0.4 is 0 Å². The van der Waals surface area contributed by atoms with E-state index in [9.17, 15) is 0 Å². The fourth-order valence-corrected chi connectivity index (χ4v) is 4.51. The van der Waals surface area contributed by atoms with Crippen molar-refractivity contribution in [3.63, 3.8) is 0 Å². The highest BCUT2D eigenvalue weighted by Gasteiger charge is 2.15. The molecule has 0 atom stereocenters. The Labute approximate surface area is 187 Å². The quantitative estimate of drug-likeness (QED) is 0.216. The predicted octanol–water partition coefficient (Wildman–Crippen LogP) is 6.76. The molecule has 0 amide bonds. The minimum Gasteiger partial charge on any atom is -0.298 e. The summed E-state index contributed by atoms with van der Waals surface area (Å²) in [7, 11) is 0. The standard InChI is InChI=1S/C25H24ClN3S/c26-23-16-9-15-22(18-23)24-27-28-25(29(24)19-21-13-5-2-6-14-21)30-17-8-7-12-20-10-3-1-4-11-20/h1-6,9-11,13-16,18H,7-8,12,17,19H2. The van der Waals surface area contributed by atoms with Gasteiger partial charge in [-0.15, -0.1) is 10.2 Å². The van der Waals surface area contributed by atoms with E-state index in [4.69, 9.17) is 11.6 Å². The van der Waals surface area contributed by atoms with Crippen LogP contribution in [0.4, 0.5) is 0 Å². The van der Waals surface area contributed by atoms with Gasteiger partial charge in [0.25, 0.3) is 0 Å². The molecule has 152 valence electrons. The van der Waals surface area contributed by atoms with E-state index < -0.39 is 0 Å². The lowest BCUT2D eigenvalue weighted by atomic mass is 10.1. The van der Waals surface area contributed by atoms with Gasteiger partial charge in [-0.05, 0) is 42.5 Å². The lowest BCUT2D eigenvalue weighted by molar-refractivity contribution is 0.712. The van der Waals surface area contributed by atoms with Crippen LogP contribution in [0.2, 0.25) is 5.02 Å². The average molecular weight is 434 g/mol. The van der Waals surface area contributed by atoms with Gasteiger partial charge in [-0.25, -0.2) is 0 Å². The first-order chi connectivity index (χ1) is 14.8. The molecule has 0 N–H and O–H groups in total. The summed E-state index contributed by atoms with van der Waals surface area (Å²) >= 11 is 8.00. The van der Waals surface area contributed by atoms with Crippen molar-refractivity contribution in [3.05, 3.63) is 101 Å². The van der Waals surface area contributed by atoms with Crippen molar-refractivity contribution >= 4 is 23.4 Å². The first-order valence-electron chi connectivity index (χ1n) is 10.2. The monoisotopic (exact) mass is 433 g/mol. The molecule has 30 heavy (non-hydrogen) atoms. The summed E-state index contributed by atoms with van der Waals surface area (Å²) in [6, 6.07) is 28.9. The first kappa shape index (κ1) is 20.7. The van der Waals surface area contributed by atoms with Gasteiger partial charge in [0.1, 0.15) is 0 Å². The van der Waals surface area contributed by atoms with E-state index >= 15 is 0 Å². The third kappa shape index (κ3) is 5.53. The molecule has 0 aliphatic rings. The molecule has 0 radical (unpaired) electrons. The minimum absolute atomic E-state index is 0.705. The van der Waals surface area contributed by atoms with Crippen molar-refractivity contribution in [2.75, 3.05) is 5.75 Å². The molecule has 1 heterocycles. The molecular formula is C25H24ClN3S. The Bertz CT molecular complexity index is 1060. The average Bonchev–Trinajstić information content (AvgIpc) is 3.17. The highest BCUT2D eigenvalue weighted by atomic mass is 35.5. The zero-order chi connectivity index (χ0) is 20.6. The smallest absolute Gasteiger partial charge is 0.191 e. The molecule has 0 fully saturated rings. The molecule has 0 saturated heterocycles. The normalized spacial score (nSPS) is 11.0. The van der Waals surface area contributed by atoms with Crippen LogP contribution >= 0.6 is 23.4 Å². The molecule has 0 bridgehead atoms. The molecule has 0 aliphatic carbocycles. The summed E-state index contributed by atoms with van der Waals surface area (Å²) < 4.78 is 2.20. The molecule has 3 nitrogen and oxygen atoms in total. The van der Waals surface area contributed by atoms with Crippen molar-refractivity contribution in [3.8, 4) is 11.4 Å². The van der Waals surface area contributed by atoms with E-state index in [2.05, 4.69) is 69.4 Å². The van der Waals surface area contributed by atoms with Gasteiger partial charge in [0.2, 0.25) is 0 Å². The third-order valence-electron chi connectivity index (χ3n) is 4.92. The van der Waals surface area contributed by atoms with Gasteiger partial charge < -0.3 is 0 Å². The highest BCUT2D eigenvalue weighted by molar-refractivity contribution is 7.99. The van der Waals surface area contributed by atoms with Gasteiger partial charge in [-0.1, -0.05) is 96.2 Å². The van der Waals surface area contributed by atoms with Crippen molar-refractivity contribution < 1.29 is 0 Å². The lowest BCUT2D eigenvalue weighted by Crippen LogP contribution is -2.04. The number of aromatic nitrogens is 3. The van der Waals surface area contributed by atoms with Crippen molar-refractivity contribution in [2.45, 2.75) is 31.0 Å². The van der Waals surface area contributed by atoms with Crippen LogP contribution in [0.1, 0.15) is 24.0 Å². The number of rotatable bonds is 9. The van der Waals surface area contributed by atoms with Gasteiger partial charge in [-0.3, -0.25) is 4.57 Å². The Hall–Kier alpha value is -2.56. The predicted molar refractivity (Wildman–Crippen MR) is 126 cm³/mol. The van der Waals surface area contributed by atoms with Crippen LogP contribution in [0.5, 0.6) is 0 Å². The summed E-state index contributed by atoms with van der Waals surface area (Å²) in [5, 5.41) is 10.7. The summed E-state index contributed by atoms with van der Waals surface area (Å²) in [6.07, 6.45) is 3.43. The maximum absolute atomic E-state index is 6.22. The molecule has 0 saturated carbocycles. The Morgan fingerprint density at radius 1 is 0.767 bits per heavy atom. The van der Waals surface area contributed by atoms with Gasteiger partial charge in [-0.2, -0.15) is 0 Å². The maximum atomic E-state index is 6.22. The number of halogens is 1. The van der Waals surface area contributed by atoms with Gasteiger partial charge in [0, 0.05) is 16.3 Å². The van der Waals surface area contributed by atoms with Crippen molar-refractivity contribution in [1.29, 1.82) is 0 Å². The summed E-state index contributed by atoms with van der Waals surface area (Å²) in [5.41, 5.74) is 3.62. The van der Waals surface area contributed by atoms with E-state index in [0.29, 0.717) is 5.02 Å². The zero-order valence-electron chi connectivity index (χ0n) is 16.7. The van der Waals surface area contributed by atoms with E-state index in [-0.39, 0.29) is 0 Å². The molecule has 1 aromatic heterocycles. The fourth-order valence-electron chi connectivity index (χ4n) is 3.38. The number of benzene rings is 3. The second-order valence-electron chi connectivity index (χ2n) is 7.18. The molecule has 4 aromatic rings. The molecular weight excluding hydrogens is 410 g/mol. The summed E-state index contributed by atoms with van der Waals surface area (Å²) in [5.74, 6) is 1.88. The van der Waals surface area contributed by atoms with Crippen LogP contribution in [0.3, 0.4) is 0 Å². The SMILES string of the molecule is Clc1cccc(-c2nnc(SCCCCc3ccccc3)n2Cc2ccccc2)c1. The van der Waals surface area contributed by atoms with E-state index in [1.807, 2.05) is 30.3 Å². The summed E-state index contributed by atoms with van der Waals surface area (Å²) in [4.78, 5) is 0. The Morgan fingerprint density at radius 3 is 2.23 bits per heavy atom. The topological polar surface area (TPSA) is 30.7 Å². The van der Waals surface area contributed by atoms with Crippen LogP contribution in [-0.4, -0.2) is 20.5 Å². The van der Waals surface area contributed by atoms with Gasteiger partial charge >= 0.3 is 0 Å². The largest absolute Gasteiger partial charge is 0.298 e. The molecule has 4 rings (SSSR count). The van der Waals surface area contributed by atoms with Crippen molar-refractivity contribution in [2.24, 2.45) is 0 Å². The van der Waals surface area contributed by atoms with Crippen LogP contribution in [0, 0.1) is 0 Å². The highest BCUT2D eigenvalue weighted by Crippen LogP contribution is 2.27. The van der Waals surface area contributed by atoms with E-state index in [0.717, 1.165) is 41.7 Å². The molecule has 3 aromatic carbocycles. The molecule has 0 aliphatic heterocycles. The van der Waals surface area contributed by atoms with Crippen molar-refractivity contribution in [1.82, 2.24) is 14.8 Å². The Morgan fingerprint density at radius 2 is 1.50 bits per heavy atom. The number of hydrogen-bond acceptors (Lipinski definition) is 3. The number of thioether (sulfide) groups is 1. The third-order valence-corrected chi connectivity index (χ3v) is 6.21. The Balaban J connectivity index is 1.46. The minimum atomic E-state index is 0.705. The van der Waals surface area contributed by atoms with Crippen LogP contribution in [0.15, 0.2) is 90.1 Å². The molecule has 0 spiro atoms. The van der Waals surface area contributed by atoms with E-state index in [1.54, 1.807) is 11.8 Å². The number of hydrogen-bond donors (Lipinski definition) is 0. The Kier molecular flexibility index (Phi) is 7.22. The first-order valence-corrected chi connectivity index (χ1v) is 11.6. The number of aryl methyl sites for hydroxylation is 1. The fraction of sp³-hybridized carbons (Fsp3) is 0.200. The summed E-state index contributed by atoms with van der Waals surface area (Å²) in [6.45, 7) is 0.738. The van der Waals surface area contributed by atoms with E-state index in [1.165, 1.54) is 17.5 Å². The lowest BCUT2D eigenvalue weighted by Gasteiger charge is -2.11.